The number of fused-ring (bicyclic) bond motifs is 1. The summed E-state index contributed by atoms with van der Waals surface area (Å²) in [5.41, 5.74) is 0.339. The van der Waals surface area contributed by atoms with Gasteiger partial charge < -0.3 is 9.84 Å². The van der Waals surface area contributed by atoms with Crippen molar-refractivity contribution >= 4 is 0 Å². The molecule has 1 spiro atoms. The summed E-state index contributed by atoms with van der Waals surface area (Å²) in [4.78, 5) is 0. The third-order valence-electron chi connectivity index (χ3n) is 5.43. The second-order valence-corrected chi connectivity index (χ2v) is 5.56. The molecule has 1 N–H and O–H groups in total. The van der Waals surface area contributed by atoms with E-state index in [0.29, 0.717) is 11.8 Å². The summed E-state index contributed by atoms with van der Waals surface area (Å²) in [7, 11) is 1.86. The Bertz CT molecular complexity index is 337. The first-order valence-corrected chi connectivity index (χ1v) is 5.67. The number of hydrogen-bond acceptors (Lipinski definition) is 2. The van der Waals surface area contributed by atoms with Gasteiger partial charge >= 0.3 is 0 Å². The van der Waals surface area contributed by atoms with E-state index in [1.54, 1.807) is 0 Å². The first-order chi connectivity index (χ1) is 6.74. The number of aliphatic hydroxyl groups is 1. The Morgan fingerprint density at radius 3 is 3.07 bits per heavy atom. The molecule has 4 aliphatic rings. The topological polar surface area (TPSA) is 29.5 Å². The standard InChI is InChI=1S/C12H16O2/c1-14-12-9-2-3-11(12)6-8(13)4-7(11)5-10(9)12/h2-3,7-10,13H,4-6H2,1H3/t7?,8-,9?,10?,11?,12?/m0/s1. The maximum atomic E-state index is 9.81. The Balaban J connectivity index is 1.86. The van der Waals surface area contributed by atoms with Gasteiger partial charge in [-0.2, -0.15) is 0 Å². The van der Waals surface area contributed by atoms with E-state index in [2.05, 4.69) is 12.2 Å². The van der Waals surface area contributed by atoms with Gasteiger partial charge in [0, 0.05) is 18.4 Å². The molecule has 4 rings (SSSR count). The lowest BCUT2D eigenvalue weighted by molar-refractivity contribution is -0.0179. The molecule has 76 valence electrons. The highest BCUT2D eigenvalue weighted by Crippen LogP contribution is 2.81. The molecule has 0 saturated heterocycles. The highest BCUT2D eigenvalue weighted by atomic mass is 16.5. The Kier molecular flexibility index (Phi) is 1.10. The van der Waals surface area contributed by atoms with Gasteiger partial charge in [-0.25, -0.2) is 0 Å². The van der Waals surface area contributed by atoms with Gasteiger partial charge in [0.25, 0.3) is 0 Å². The summed E-state index contributed by atoms with van der Waals surface area (Å²) >= 11 is 0. The maximum absolute atomic E-state index is 9.81. The van der Waals surface area contributed by atoms with E-state index in [4.69, 9.17) is 4.74 Å². The molecule has 5 unspecified atom stereocenters. The first kappa shape index (κ1) is 7.89. The van der Waals surface area contributed by atoms with Crippen LogP contribution in [0.1, 0.15) is 19.3 Å². The van der Waals surface area contributed by atoms with Crippen molar-refractivity contribution in [1.29, 1.82) is 0 Å². The second kappa shape index (κ2) is 1.96. The zero-order chi connectivity index (χ0) is 9.55. The average molecular weight is 192 g/mol. The summed E-state index contributed by atoms with van der Waals surface area (Å²) in [5.74, 6) is 2.14. The molecule has 4 aliphatic carbocycles. The van der Waals surface area contributed by atoms with Crippen molar-refractivity contribution in [3.05, 3.63) is 12.2 Å². The molecular weight excluding hydrogens is 176 g/mol. The van der Waals surface area contributed by atoms with Crippen LogP contribution in [0.25, 0.3) is 0 Å². The molecule has 0 aromatic heterocycles. The van der Waals surface area contributed by atoms with Crippen LogP contribution in [0.2, 0.25) is 0 Å². The Morgan fingerprint density at radius 1 is 1.43 bits per heavy atom. The van der Waals surface area contributed by atoms with Crippen LogP contribution in [-0.2, 0) is 4.74 Å². The van der Waals surface area contributed by atoms with Gasteiger partial charge in [0.05, 0.1) is 11.7 Å². The van der Waals surface area contributed by atoms with Crippen molar-refractivity contribution in [2.75, 3.05) is 7.11 Å². The normalized spacial score (nSPS) is 67.0. The first-order valence-electron chi connectivity index (χ1n) is 5.67. The largest absolute Gasteiger partial charge is 0.393 e. The fraction of sp³-hybridized carbons (Fsp3) is 0.833. The summed E-state index contributed by atoms with van der Waals surface area (Å²) in [6.45, 7) is 0. The lowest BCUT2D eigenvalue weighted by atomic mass is 9.76. The number of rotatable bonds is 1. The second-order valence-electron chi connectivity index (χ2n) is 5.56. The maximum Gasteiger partial charge on any atom is 0.0873 e. The average Bonchev–Trinajstić information content (AvgIpc) is 2.37. The fourth-order valence-electron chi connectivity index (χ4n) is 5.07. The third-order valence-corrected chi connectivity index (χ3v) is 5.43. The summed E-state index contributed by atoms with van der Waals surface area (Å²) < 4.78 is 5.84. The fourth-order valence-corrected chi connectivity index (χ4v) is 5.07. The summed E-state index contributed by atoms with van der Waals surface area (Å²) in [6, 6.07) is 0. The van der Waals surface area contributed by atoms with E-state index in [1.165, 1.54) is 6.42 Å². The quantitative estimate of drug-likeness (QED) is 0.635. The van der Waals surface area contributed by atoms with E-state index in [0.717, 1.165) is 18.8 Å². The van der Waals surface area contributed by atoms with Crippen molar-refractivity contribution in [1.82, 2.24) is 0 Å². The van der Waals surface area contributed by atoms with Crippen molar-refractivity contribution in [3.63, 3.8) is 0 Å². The van der Waals surface area contributed by atoms with Crippen molar-refractivity contribution in [2.45, 2.75) is 31.0 Å². The molecule has 0 bridgehead atoms. The van der Waals surface area contributed by atoms with E-state index in [1.807, 2.05) is 7.11 Å². The Hall–Kier alpha value is -0.340. The molecule has 0 heterocycles. The minimum absolute atomic E-state index is 0.0861. The monoisotopic (exact) mass is 192 g/mol. The molecule has 0 aromatic rings. The van der Waals surface area contributed by atoms with E-state index in [9.17, 15) is 5.11 Å². The van der Waals surface area contributed by atoms with Gasteiger partial charge in [-0.1, -0.05) is 12.2 Å². The zero-order valence-corrected chi connectivity index (χ0v) is 8.44. The molecule has 3 fully saturated rings. The molecule has 6 atom stereocenters. The molecule has 0 aromatic carbocycles. The molecule has 2 nitrogen and oxygen atoms in total. The molecule has 0 aliphatic heterocycles. The smallest absolute Gasteiger partial charge is 0.0873 e. The van der Waals surface area contributed by atoms with Crippen LogP contribution < -0.4 is 0 Å². The minimum Gasteiger partial charge on any atom is -0.393 e. The van der Waals surface area contributed by atoms with E-state index < -0.39 is 0 Å². The van der Waals surface area contributed by atoms with Crippen LogP contribution in [0.4, 0.5) is 0 Å². The van der Waals surface area contributed by atoms with Crippen molar-refractivity contribution in [3.8, 4) is 0 Å². The number of ether oxygens (including phenoxy) is 1. The zero-order valence-electron chi connectivity index (χ0n) is 8.44. The molecule has 3 saturated carbocycles. The van der Waals surface area contributed by atoms with Crippen LogP contribution in [0.5, 0.6) is 0 Å². The van der Waals surface area contributed by atoms with E-state index >= 15 is 0 Å². The van der Waals surface area contributed by atoms with Gasteiger partial charge in [0.2, 0.25) is 0 Å². The van der Waals surface area contributed by atoms with Gasteiger partial charge in [-0.15, -0.1) is 0 Å². The summed E-state index contributed by atoms with van der Waals surface area (Å²) in [6.07, 6.45) is 7.85. The predicted octanol–water partition coefficient (Wildman–Crippen LogP) is 1.35. The Labute approximate surface area is 83.9 Å². The molecule has 2 heteroatoms. The van der Waals surface area contributed by atoms with Gasteiger partial charge in [-0.3, -0.25) is 0 Å². The lowest BCUT2D eigenvalue weighted by Crippen LogP contribution is -2.36. The number of methoxy groups -OCH3 is 1. The van der Waals surface area contributed by atoms with E-state index in [-0.39, 0.29) is 17.1 Å². The van der Waals surface area contributed by atoms with Crippen molar-refractivity contribution in [2.24, 2.45) is 23.2 Å². The SMILES string of the molecule is COC12C3C=CC14C[C@@H](O)CC4CC32. The third kappa shape index (κ3) is 0.516. The molecule has 0 amide bonds. The van der Waals surface area contributed by atoms with Crippen LogP contribution >= 0.6 is 0 Å². The molecule has 0 radical (unpaired) electrons. The van der Waals surface area contributed by atoms with Crippen molar-refractivity contribution < 1.29 is 9.84 Å². The number of hydrogen-bond donors (Lipinski definition) is 1. The highest BCUT2D eigenvalue weighted by molar-refractivity contribution is 5.44. The predicted molar refractivity (Wildman–Crippen MR) is 51.6 cm³/mol. The lowest BCUT2D eigenvalue weighted by Gasteiger charge is -2.33. The molecule has 14 heavy (non-hydrogen) atoms. The van der Waals surface area contributed by atoms with Gasteiger partial charge in [0.1, 0.15) is 0 Å². The minimum atomic E-state index is -0.0861. The van der Waals surface area contributed by atoms with Crippen LogP contribution in [-0.4, -0.2) is 23.9 Å². The number of aliphatic hydroxyl groups excluding tert-OH is 1. The van der Waals surface area contributed by atoms with Gasteiger partial charge in [-0.05, 0) is 31.1 Å². The van der Waals surface area contributed by atoms with Crippen LogP contribution in [0.3, 0.4) is 0 Å². The van der Waals surface area contributed by atoms with Crippen LogP contribution in [0, 0.1) is 23.2 Å². The molecular formula is C12H16O2. The Morgan fingerprint density at radius 2 is 2.29 bits per heavy atom. The van der Waals surface area contributed by atoms with Gasteiger partial charge in [0.15, 0.2) is 0 Å². The summed E-state index contributed by atoms with van der Waals surface area (Å²) in [5, 5.41) is 9.81. The highest BCUT2D eigenvalue weighted by Gasteiger charge is 2.83. The van der Waals surface area contributed by atoms with Crippen LogP contribution in [0.15, 0.2) is 12.2 Å².